The summed E-state index contributed by atoms with van der Waals surface area (Å²) in [4.78, 5) is 0. The molecule has 0 saturated heterocycles. The SMILES string of the molecule is COCOc1cc(F)c(C#N)cc1Br. The van der Waals surface area contributed by atoms with Crippen molar-refractivity contribution < 1.29 is 13.9 Å². The van der Waals surface area contributed by atoms with Crippen LogP contribution < -0.4 is 4.74 Å². The molecule has 0 bridgehead atoms. The molecule has 0 aliphatic heterocycles. The first-order chi connectivity index (χ1) is 6.69. The quantitative estimate of drug-likeness (QED) is 0.784. The molecule has 1 aromatic carbocycles. The van der Waals surface area contributed by atoms with Crippen LogP contribution in [0.5, 0.6) is 5.75 Å². The van der Waals surface area contributed by atoms with Crippen molar-refractivity contribution in [2.75, 3.05) is 13.9 Å². The Labute approximate surface area is 89.2 Å². The molecule has 0 N–H and O–H groups in total. The Bertz CT molecular complexity index is 376. The maximum atomic E-state index is 13.1. The van der Waals surface area contributed by atoms with Gasteiger partial charge in [0.25, 0.3) is 0 Å². The summed E-state index contributed by atoms with van der Waals surface area (Å²) in [6, 6.07) is 4.23. The van der Waals surface area contributed by atoms with Crippen molar-refractivity contribution >= 4 is 15.9 Å². The highest BCUT2D eigenvalue weighted by atomic mass is 79.9. The number of methoxy groups -OCH3 is 1. The van der Waals surface area contributed by atoms with Crippen LogP contribution in [0, 0.1) is 17.1 Å². The van der Waals surface area contributed by atoms with Gasteiger partial charge in [0.2, 0.25) is 0 Å². The van der Waals surface area contributed by atoms with Gasteiger partial charge < -0.3 is 9.47 Å². The van der Waals surface area contributed by atoms with Gasteiger partial charge in [-0.05, 0) is 22.0 Å². The first kappa shape index (κ1) is 11.0. The van der Waals surface area contributed by atoms with E-state index in [1.54, 1.807) is 6.07 Å². The van der Waals surface area contributed by atoms with E-state index >= 15 is 0 Å². The fraction of sp³-hybridized carbons (Fsp3) is 0.222. The van der Waals surface area contributed by atoms with E-state index in [-0.39, 0.29) is 12.4 Å². The van der Waals surface area contributed by atoms with Crippen molar-refractivity contribution in [1.82, 2.24) is 0 Å². The van der Waals surface area contributed by atoms with Gasteiger partial charge >= 0.3 is 0 Å². The predicted octanol–water partition coefficient (Wildman–Crippen LogP) is 2.44. The summed E-state index contributed by atoms with van der Waals surface area (Å²) < 4.78 is 23.3. The Morgan fingerprint density at radius 3 is 2.86 bits per heavy atom. The second kappa shape index (κ2) is 4.94. The summed E-state index contributed by atoms with van der Waals surface area (Å²) >= 11 is 3.15. The van der Waals surface area contributed by atoms with Crippen LogP contribution in [0.15, 0.2) is 16.6 Å². The molecule has 0 saturated carbocycles. The number of nitrogens with zero attached hydrogens (tertiary/aromatic N) is 1. The largest absolute Gasteiger partial charge is 0.466 e. The van der Waals surface area contributed by atoms with Gasteiger partial charge in [0.05, 0.1) is 10.0 Å². The minimum absolute atomic E-state index is 0.0263. The van der Waals surface area contributed by atoms with E-state index in [4.69, 9.17) is 10.00 Å². The van der Waals surface area contributed by atoms with Crippen molar-refractivity contribution in [1.29, 1.82) is 5.26 Å². The van der Waals surface area contributed by atoms with Crippen molar-refractivity contribution in [3.63, 3.8) is 0 Å². The molecule has 14 heavy (non-hydrogen) atoms. The molecule has 0 atom stereocenters. The minimum atomic E-state index is -0.609. The normalized spacial score (nSPS) is 9.57. The van der Waals surface area contributed by atoms with Gasteiger partial charge in [-0.2, -0.15) is 5.26 Å². The number of hydrogen-bond acceptors (Lipinski definition) is 3. The molecule has 0 unspecified atom stereocenters. The monoisotopic (exact) mass is 259 g/mol. The summed E-state index contributed by atoms with van der Waals surface area (Å²) in [5, 5.41) is 8.53. The highest BCUT2D eigenvalue weighted by Crippen LogP contribution is 2.27. The summed E-state index contributed by atoms with van der Waals surface area (Å²) in [5.74, 6) is -0.301. The molecule has 1 aromatic rings. The maximum Gasteiger partial charge on any atom is 0.188 e. The highest BCUT2D eigenvalue weighted by Gasteiger charge is 2.08. The minimum Gasteiger partial charge on any atom is -0.466 e. The van der Waals surface area contributed by atoms with Crippen LogP contribution in [-0.2, 0) is 4.74 Å². The molecule has 0 radical (unpaired) electrons. The van der Waals surface area contributed by atoms with E-state index < -0.39 is 5.82 Å². The Hall–Kier alpha value is -1.12. The van der Waals surface area contributed by atoms with Gasteiger partial charge in [-0.1, -0.05) is 0 Å². The fourth-order valence-electron chi connectivity index (χ4n) is 0.847. The van der Waals surface area contributed by atoms with Crippen molar-refractivity contribution in [3.8, 4) is 11.8 Å². The lowest BCUT2D eigenvalue weighted by atomic mass is 10.2. The van der Waals surface area contributed by atoms with Gasteiger partial charge in [-0.15, -0.1) is 0 Å². The zero-order valence-corrected chi connectivity index (χ0v) is 8.97. The van der Waals surface area contributed by atoms with Crippen LogP contribution in [0.3, 0.4) is 0 Å². The summed E-state index contributed by atoms with van der Waals surface area (Å²) in [6.45, 7) is 0.0317. The zero-order valence-electron chi connectivity index (χ0n) is 7.38. The van der Waals surface area contributed by atoms with Crippen LogP contribution in [0.2, 0.25) is 0 Å². The van der Waals surface area contributed by atoms with Gasteiger partial charge in [-0.3, -0.25) is 0 Å². The summed E-state index contributed by atoms with van der Waals surface area (Å²) in [6.07, 6.45) is 0. The lowest BCUT2D eigenvalue weighted by Gasteiger charge is -2.07. The zero-order chi connectivity index (χ0) is 10.6. The Balaban J connectivity index is 2.98. The van der Waals surface area contributed by atoms with Crippen LogP contribution in [0.4, 0.5) is 4.39 Å². The smallest absolute Gasteiger partial charge is 0.188 e. The first-order valence-electron chi connectivity index (χ1n) is 3.70. The molecule has 3 nitrogen and oxygen atoms in total. The molecular weight excluding hydrogens is 253 g/mol. The lowest BCUT2D eigenvalue weighted by Crippen LogP contribution is -2.00. The molecular formula is C9H7BrFNO2. The van der Waals surface area contributed by atoms with E-state index in [2.05, 4.69) is 20.7 Å². The standard InChI is InChI=1S/C9H7BrFNO2/c1-13-5-14-9-3-8(11)6(4-12)2-7(9)10/h2-3H,5H2,1H3. The molecule has 5 heteroatoms. The molecule has 0 heterocycles. The molecule has 0 aliphatic carbocycles. The van der Waals surface area contributed by atoms with Crippen LogP contribution in [0.25, 0.3) is 0 Å². The van der Waals surface area contributed by atoms with Crippen molar-refractivity contribution in [3.05, 3.63) is 28.0 Å². The molecule has 1 rings (SSSR count). The van der Waals surface area contributed by atoms with Crippen LogP contribution in [-0.4, -0.2) is 13.9 Å². The van der Waals surface area contributed by atoms with E-state index in [1.165, 1.54) is 13.2 Å². The number of benzene rings is 1. The van der Waals surface area contributed by atoms with E-state index in [0.717, 1.165) is 6.07 Å². The molecule has 0 spiro atoms. The summed E-state index contributed by atoms with van der Waals surface area (Å²) in [5.41, 5.74) is -0.0263. The molecule has 0 amide bonds. The number of hydrogen-bond donors (Lipinski definition) is 0. The maximum absolute atomic E-state index is 13.1. The fourth-order valence-corrected chi connectivity index (χ4v) is 1.31. The number of nitriles is 1. The van der Waals surface area contributed by atoms with E-state index in [9.17, 15) is 4.39 Å². The summed E-state index contributed by atoms with van der Waals surface area (Å²) in [7, 11) is 1.47. The Kier molecular flexibility index (Phi) is 3.86. The van der Waals surface area contributed by atoms with Gasteiger partial charge in [0, 0.05) is 13.2 Å². The van der Waals surface area contributed by atoms with Gasteiger partial charge in [0.15, 0.2) is 6.79 Å². The van der Waals surface area contributed by atoms with Crippen LogP contribution in [0.1, 0.15) is 5.56 Å². The number of rotatable bonds is 3. The molecule has 0 aromatic heterocycles. The van der Waals surface area contributed by atoms with Crippen LogP contribution >= 0.6 is 15.9 Å². The molecule has 74 valence electrons. The number of ether oxygens (including phenoxy) is 2. The van der Waals surface area contributed by atoms with E-state index in [0.29, 0.717) is 10.2 Å². The number of halogens is 2. The second-order valence-corrected chi connectivity index (χ2v) is 3.28. The Morgan fingerprint density at radius 2 is 2.29 bits per heavy atom. The van der Waals surface area contributed by atoms with Crippen molar-refractivity contribution in [2.45, 2.75) is 0 Å². The highest BCUT2D eigenvalue weighted by molar-refractivity contribution is 9.10. The average molecular weight is 260 g/mol. The van der Waals surface area contributed by atoms with Gasteiger partial charge in [-0.25, -0.2) is 4.39 Å². The predicted molar refractivity (Wildman–Crippen MR) is 51.3 cm³/mol. The Morgan fingerprint density at radius 1 is 1.57 bits per heavy atom. The molecule has 0 aliphatic rings. The third kappa shape index (κ3) is 2.44. The lowest BCUT2D eigenvalue weighted by molar-refractivity contribution is 0.0503. The first-order valence-corrected chi connectivity index (χ1v) is 4.49. The molecule has 0 fully saturated rings. The van der Waals surface area contributed by atoms with E-state index in [1.807, 2.05) is 0 Å². The van der Waals surface area contributed by atoms with Crippen molar-refractivity contribution in [2.24, 2.45) is 0 Å². The second-order valence-electron chi connectivity index (χ2n) is 2.43. The third-order valence-corrected chi connectivity index (χ3v) is 2.09. The third-order valence-electron chi connectivity index (χ3n) is 1.47. The topological polar surface area (TPSA) is 42.2 Å². The average Bonchev–Trinajstić information content (AvgIpc) is 2.18. The van der Waals surface area contributed by atoms with Gasteiger partial charge in [0.1, 0.15) is 17.6 Å².